The highest BCUT2D eigenvalue weighted by molar-refractivity contribution is 5.95. The number of anilines is 1. The first-order valence-electron chi connectivity index (χ1n) is 8.27. The molecule has 0 radical (unpaired) electrons. The molecular formula is C19H20FN3O3. The van der Waals surface area contributed by atoms with Crippen LogP contribution >= 0.6 is 0 Å². The number of hydrogen-bond donors (Lipinski definition) is 1. The van der Waals surface area contributed by atoms with Crippen molar-refractivity contribution >= 4 is 17.7 Å². The van der Waals surface area contributed by atoms with Gasteiger partial charge in [-0.15, -0.1) is 0 Å². The Morgan fingerprint density at radius 3 is 2.58 bits per heavy atom. The van der Waals surface area contributed by atoms with E-state index in [-0.39, 0.29) is 19.0 Å². The minimum absolute atomic E-state index is 0.0881. The number of amides is 1. The number of carboxylic acids is 1. The van der Waals surface area contributed by atoms with Crippen LogP contribution < -0.4 is 4.90 Å². The molecule has 1 aliphatic heterocycles. The van der Waals surface area contributed by atoms with Crippen molar-refractivity contribution in [3.8, 4) is 0 Å². The first-order chi connectivity index (χ1) is 12.4. The Labute approximate surface area is 150 Å². The summed E-state index contributed by atoms with van der Waals surface area (Å²) in [7, 11) is 3.71. The Morgan fingerprint density at radius 2 is 2.00 bits per heavy atom. The lowest BCUT2D eigenvalue weighted by atomic mass is 9.89. The normalized spacial score (nSPS) is 19.4. The zero-order valence-electron chi connectivity index (χ0n) is 14.6. The highest BCUT2D eigenvalue weighted by Crippen LogP contribution is 2.34. The number of rotatable bonds is 4. The van der Waals surface area contributed by atoms with Crippen molar-refractivity contribution < 1.29 is 19.1 Å². The molecule has 3 rings (SSSR count). The summed E-state index contributed by atoms with van der Waals surface area (Å²) in [5.41, 5.74) is 0.994. The summed E-state index contributed by atoms with van der Waals surface area (Å²) in [5.74, 6) is -2.16. The number of likely N-dealkylation sites (tertiary alicyclic amines) is 1. The number of pyridine rings is 1. The molecule has 0 bridgehead atoms. The number of carboxylic acid groups (broad SMARTS) is 1. The van der Waals surface area contributed by atoms with E-state index in [2.05, 4.69) is 4.98 Å². The maximum atomic E-state index is 13.5. The molecule has 7 heteroatoms. The van der Waals surface area contributed by atoms with Gasteiger partial charge in [-0.3, -0.25) is 9.59 Å². The minimum atomic E-state index is -0.990. The van der Waals surface area contributed by atoms with Crippen LogP contribution in [0.15, 0.2) is 42.6 Å². The minimum Gasteiger partial charge on any atom is -0.481 e. The van der Waals surface area contributed by atoms with Gasteiger partial charge in [-0.1, -0.05) is 12.1 Å². The third kappa shape index (κ3) is 3.51. The van der Waals surface area contributed by atoms with E-state index in [0.717, 1.165) is 5.82 Å². The van der Waals surface area contributed by atoms with Crippen molar-refractivity contribution in [1.29, 1.82) is 0 Å². The fourth-order valence-corrected chi connectivity index (χ4v) is 3.25. The molecule has 26 heavy (non-hydrogen) atoms. The van der Waals surface area contributed by atoms with Crippen molar-refractivity contribution in [3.63, 3.8) is 0 Å². The van der Waals surface area contributed by atoms with Crippen LogP contribution in [-0.4, -0.2) is 54.1 Å². The third-order valence-corrected chi connectivity index (χ3v) is 4.65. The number of hydrogen-bond acceptors (Lipinski definition) is 4. The highest BCUT2D eigenvalue weighted by Gasteiger charge is 2.40. The van der Waals surface area contributed by atoms with E-state index in [1.165, 1.54) is 23.2 Å². The first-order valence-corrected chi connectivity index (χ1v) is 8.27. The van der Waals surface area contributed by atoms with Gasteiger partial charge in [0.1, 0.15) is 11.6 Å². The van der Waals surface area contributed by atoms with E-state index < -0.39 is 23.6 Å². The largest absolute Gasteiger partial charge is 0.481 e. The summed E-state index contributed by atoms with van der Waals surface area (Å²) in [6.45, 7) is 0.319. The van der Waals surface area contributed by atoms with Crippen LogP contribution in [0.4, 0.5) is 10.2 Å². The van der Waals surface area contributed by atoms with Crippen LogP contribution in [0.5, 0.6) is 0 Å². The van der Waals surface area contributed by atoms with Gasteiger partial charge in [-0.05, 0) is 29.8 Å². The second kappa shape index (κ2) is 7.11. The monoisotopic (exact) mass is 357 g/mol. The van der Waals surface area contributed by atoms with Crippen molar-refractivity contribution in [1.82, 2.24) is 9.88 Å². The number of nitrogens with zero attached hydrogens (tertiary/aromatic N) is 3. The van der Waals surface area contributed by atoms with Crippen molar-refractivity contribution in [2.24, 2.45) is 5.92 Å². The van der Waals surface area contributed by atoms with Crippen LogP contribution in [0.3, 0.4) is 0 Å². The van der Waals surface area contributed by atoms with E-state index in [1.54, 1.807) is 24.3 Å². The van der Waals surface area contributed by atoms with Crippen molar-refractivity contribution in [2.75, 3.05) is 32.1 Å². The molecule has 2 heterocycles. The lowest BCUT2D eigenvalue weighted by Gasteiger charge is -2.17. The fourth-order valence-electron chi connectivity index (χ4n) is 3.25. The second-order valence-corrected chi connectivity index (χ2v) is 6.62. The number of benzene rings is 1. The van der Waals surface area contributed by atoms with Crippen LogP contribution in [0.2, 0.25) is 0 Å². The quantitative estimate of drug-likeness (QED) is 0.908. The van der Waals surface area contributed by atoms with E-state index in [0.29, 0.717) is 11.1 Å². The van der Waals surface area contributed by atoms with Gasteiger partial charge in [0.15, 0.2) is 0 Å². The maximum absolute atomic E-state index is 13.5. The maximum Gasteiger partial charge on any atom is 0.308 e. The molecular weight excluding hydrogens is 337 g/mol. The lowest BCUT2D eigenvalue weighted by Crippen LogP contribution is -2.30. The summed E-state index contributed by atoms with van der Waals surface area (Å²) >= 11 is 0. The van der Waals surface area contributed by atoms with E-state index >= 15 is 0 Å². The smallest absolute Gasteiger partial charge is 0.308 e. The topological polar surface area (TPSA) is 73.7 Å². The molecule has 1 aromatic heterocycles. The van der Waals surface area contributed by atoms with Crippen LogP contribution in [0.1, 0.15) is 21.8 Å². The number of aliphatic carboxylic acids is 1. The molecule has 1 saturated heterocycles. The van der Waals surface area contributed by atoms with Gasteiger partial charge in [0.25, 0.3) is 5.91 Å². The Bertz CT molecular complexity index is 823. The van der Waals surface area contributed by atoms with E-state index in [9.17, 15) is 19.1 Å². The van der Waals surface area contributed by atoms with Gasteiger partial charge >= 0.3 is 5.97 Å². The SMILES string of the molecule is CN(C)c1ccc(C(=O)N2C[C@@H](C(=O)O)[C@H](c3cccc(F)c3)C2)cn1. The Hall–Kier alpha value is -2.96. The predicted molar refractivity (Wildman–Crippen MR) is 94.7 cm³/mol. The number of aromatic nitrogens is 1. The number of halogens is 1. The van der Waals surface area contributed by atoms with Crippen molar-refractivity contribution in [2.45, 2.75) is 5.92 Å². The molecule has 6 nitrogen and oxygen atoms in total. The highest BCUT2D eigenvalue weighted by atomic mass is 19.1. The molecule has 1 aliphatic rings. The Morgan fingerprint density at radius 1 is 1.23 bits per heavy atom. The van der Waals surface area contributed by atoms with Gasteiger partial charge in [0, 0.05) is 39.3 Å². The molecule has 0 saturated carbocycles. The zero-order chi connectivity index (χ0) is 18.8. The molecule has 1 fully saturated rings. The fraction of sp³-hybridized carbons (Fsp3) is 0.316. The molecule has 0 unspecified atom stereocenters. The van der Waals surface area contributed by atoms with Crippen LogP contribution in [0.25, 0.3) is 0 Å². The molecule has 1 aromatic carbocycles. The molecule has 0 aliphatic carbocycles. The summed E-state index contributed by atoms with van der Waals surface area (Å²) in [4.78, 5) is 31.9. The molecule has 136 valence electrons. The van der Waals surface area contributed by atoms with E-state index in [4.69, 9.17) is 0 Å². The average molecular weight is 357 g/mol. The third-order valence-electron chi connectivity index (χ3n) is 4.65. The zero-order valence-corrected chi connectivity index (χ0v) is 14.6. The first kappa shape index (κ1) is 17.8. The molecule has 2 aromatic rings. The van der Waals surface area contributed by atoms with Gasteiger partial charge in [0.2, 0.25) is 0 Å². The summed E-state index contributed by atoms with van der Waals surface area (Å²) in [5, 5.41) is 9.53. The van der Waals surface area contributed by atoms with E-state index in [1.807, 2.05) is 19.0 Å². The van der Waals surface area contributed by atoms with Gasteiger partial charge in [-0.25, -0.2) is 9.37 Å². The molecule has 1 amide bonds. The second-order valence-electron chi connectivity index (χ2n) is 6.62. The number of carbonyl (C=O) groups excluding carboxylic acids is 1. The lowest BCUT2D eigenvalue weighted by molar-refractivity contribution is -0.141. The van der Waals surface area contributed by atoms with Crippen LogP contribution in [-0.2, 0) is 4.79 Å². The number of carbonyl (C=O) groups is 2. The summed E-state index contributed by atoms with van der Waals surface area (Å²) < 4.78 is 13.5. The Kier molecular flexibility index (Phi) is 4.88. The molecule has 2 atom stereocenters. The molecule has 1 N–H and O–H groups in total. The summed E-state index contributed by atoms with van der Waals surface area (Å²) in [6.07, 6.45) is 1.49. The van der Waals surface area contributed by atoms with Gasteiger partial charge in [0.05, 0.1) is 11.5 Å². The molecule has 0 spiro atoms. The average Bonchev–Trinajstić information content (AvgIpc) is 3.07. The predicted octanol–water partition coefficient (Wildman–Crippen LogP) is 2.23. The Balaban J connectivity index is 1.83. The van der Waals surface area contributed by atoms with Crippen LogP contribution in [0, 0.1) is 11.7 Å². The standard InChI is InChI=1S/C19H20FN3O3/c1-22(2)17-7-6-13(9-21-17)18(24)23-10-15(16(11-23)19(25)26)12-4-3-5-14(20)8-12/h3-9,15-16H,10-11H2,1-2H3,(H,25,26)/t15-,16+/m0/s1. The van der Waals surface area contributed by atoms with Gasteiger partial charge < -0.3 is 14.9 Å². The van der Waals surface area contributed by atoms with Gasteiger partial charge in [-0.2, -0.15) is 0 Å². The summed E-state index contributed by atoms with van der Waals surface area (Å²) in [6, 6.07) is 9.32. The van der Waals surface area contributed by atoms with Crippen molar-refractivity contribution in [3.05, 3.63) is 59.5 Å².